The average molecular weight is 224 g/mol. The number of nitrogens with zero attached hydrogens (tertiary/aromatic N) is 3. The SMILES string of the molecule is N#Cc1nccc(NCCc2ccccc2)n1. The van der Waals surface area contributed by atoms with Gasteiger partial charge in [0.15, 0.2) is 0 Å². The molecule has 4 heteroatoms. The van der Waals surface area contributed by atoms with E-state index in [0.29, 0.717) is 5.82 Å². The van der Waals surface area contributed by atoms with Crippen LogP contribution in [0.4, 0.5) is 5.82 Å². The first kappa shape index (κ1) is 11.1. The summed E-state index contributed by atoms with van der Waals surface area (Å²) in [4.78, 5) is 7.85. The second-order valence-corrected chi connectivity index (χ2v) is 3.54. The lowest BCUT2D eigenvalue weighted by molar-refractivity contribution is 0.993. The first-order chi connectivity index (χ1) is 8.38. The molecule has 17 heavy (non-hydrogen) atoms. The van der Waals surface area contributed by atoms with Crippen molar-refractivity contribution in [2.24, 2.45) is 0 Å². The summed E-state index contributed by atoms with van der Waals surface area (Å²) < 4.78 is 0. The molecule has 84 valence electrons. The average Bonchev–Trinajstić information content (AvgIpc) is 2.40. The number of rotatable bonds is 4. The van der Waals surface area contributed by atoms with Gasteiger partial charge in [-0.1, -0.05) is 30.3 Å². The van der Waals surface area contributed by atoms with Gasteiger partial charge in [-0.25, -0.2) is 9.97 Å². The van der Waals surface area contributed by atoms with E-state index in [-0.39, 0.29) is 5.82 Å². The maximum Gasteiger partial charge on any atom is 0.234 e. The molecule has 0 spiro atoms. The first-order valence-electron chi connectivity index (χ1n) is 5.39. The first-order valence-corrected chi connectivity index (χ1v) is 5.39. The molecule has 0 unspecified atom stereocenters. The van der Waals surface area contributed by atoms with Crippen molar-refractivity contribution in [3.63, 3.8) is 0 Å². The highest BCUT2D eigenvalue weighted by Gasteiger charge is 1.97. The van der Waals surface area contributed by atoms with Crippen LogP contribution in [0.1, 0.15) is 11.4 Å². The Labute approximate surface area is 100.0 Å². The molecule has 0 bridgehead atoms. The third-order valence-electron chi connectivity index (χ3n) is 2.32. The number of aromatic nitrogens is 2. The fourth-order valence-corrected chi connectivity index (χ4v) is 1.49. The number of hydrogen-bond donors (Lipinski definition) is 1. The van der Waals surface area contributed by atoms with Gasteiger partial charge in [0.05, 0.1) is 0 Å². The predicted molar refractivity (Wildman–Crippen MR) is 65.4 cm³/mol. The van der Waals surface area contributed by atoms with Crippen LogP contribution in [-0.4, -0.2) is 16.5 Å². The van der Waals surface area contributed by atoms with Crippen LogP contribution in [0.25, 0.3) is 0 Å². The highest BCUT2D eigenvalue weighted by Crippen LogP contribution is 2.03. The van der Waals surface area contributed by atoms with Crippen molar-refractivity contribution >= 4 is 5.82 Å². The Morgan fingerprint density at radius 1 is 1.18 bits per heavy atom. The summed E-state index contributed by atoms with van der Waals surface area (Å²) in [6.07, 6.45) is 2.50. The second kappa shape index (κ2) is 5.61. The Morgan fingerprint density at radius 2 is 2.00 bits per heavy atom. The van der Waals surface area contributed by atoms with Gasteiger partial charge in [-0.15, -0.1) is 0 Å². The van der Waals surface area contributed by atoms with Crippen LogP contribution in [0.15, 0.2) is 42.6 Å². The third-order valence-corrected chi connectivity index (χ3v) is 2.32. The molecule has 2 aromatic rings. The predicted octanol–water partition coefficient (Wildman–Crippen LogP) is 2.00. The van der Waals surface area contributed by atoms with Gasteiger partial charge >= 0.3 is 0 Å². The third kappa shape index (κ3) is 3.28. The largest absolute Gasteiger partial charge is 0.370 e. The van der Waals surface area contributed by atoms with Gasteiger partial charge in [0.2, 0.25) is 5.82 Å². The molecular formula is C13H12N4. The molecule has 0 fully saturated rings. The van der Waals surface area contributed by atoms with Gasteiger partial charge in [0, 0.05) is 12.7 Å². The van der Waals surface area contributed by atoms with Crippen LogP contribution in [0.3, 0.4) is 0 Å². The summed E-state index contributed by atoms with van der Waals surface area (Å²) in [5, 5.41) is 11.8. The zero-order chi connectivity index (χ0) is 11.9. The molecule has 0 radical (unpaired) electrons. The molecule has 0 amide bonds. The minimum absolute atomic E-state index is 0.190. The standard InChI is InChI=1S/C13H12N4/c14-10-13-16-9-7-12(17-13)15-8-6-11-4-2-1-3-5-11/h1-5,7,9H,6,8H2,(H,15,16,17). The maximum atomic E-state index is 8.66. The van der Waals surface area contributed by atoms with Crippen molar-refractivity contribution in [2.75, 3.05) is 11.9 Å². The summed E-state index contributed by atoms with van der Waals surface area (Å²) in [5.41, 5.74) is 1.27. The Kier molecular flexibility index (Phi) is 3.66. The summed E-state index contributed by atoms with van der Waals surface area (Å²) in [7, 11) is 0. The van der Waals surface area contributed by atoms with Gasteiger partial charge in [0.25, 0.3) is 0 Å². The van der Waals surface area contributed by atoms with Gasteiger partial charge in [0.1, 0.15) is 11.9 Å². The van der Waals surface area contributed by atoms with Gasteiger partial charge in [-0.05, 0) is 18.1 Å². The van der Waals surface area contributed by atoms with Crippen LogP contribution in [0.2, 0.25) is 0 Å². The lowest BCUT2D eigenvalue weighted by atomic mass is 10.1. The van der Waals surface area contributed by atoms with Crippen molar-refractivity contribution in [1.29, 1.82) is 5.26 Å². The van der Waals surface area contributed by atoms with Crippen LogP contribution in [0, 0.1) is 11.3 Å². The van der Waals surface area contributed by atoms with Crippen LogP contribution >= 0.6 is 0 Å². The zero-order valence-electron chi connectivity index (χ0n) is 9.30. The van der Waals surface area contributed by atoms with Crippen molar-refractivity contribution < 1.29 is 0 Å². The summed E-state index contributed by atoms with van der Waals surface area (Å²) in [6, 6.07) is 13.9. The topological polar surface area (TPSA) is 61.6 Å². The zero-order valence-corrected chi connectivity index (χ0v) is 9.30. The number of anilines is 1. The van der Waals surface area contributed by atoms with E-state index < -0.39 is 0 Å². The molecule has 0 atom stereocenters. The molecule has 0 saturated carbocycles. The van der Waals surface area contributed by atoms with E-state index in [4.69, 9.17) is 5.26 Å². The highest BCUT2D eigenvalue weighted by atomic mass is 15.0. The van der Waals surface area contributed by atoms with E-state index in [1.807, 2.05) is 24.3 Å². The minimum atomic E-state index is 0.190. The van der Waals surface area contributed by atoms with Crippen molar-refractivity contribution in [2.45, 2.75) is 6.42 Å². The van der Waals surface area contributed by atoms with Crippen LogP contribution in [-0.2, 0) is 6.42 Å². The maximum absolute atomic E-state index is 8.66. The summed E-state index contributed by atoms with van der Waals surface area (Å²) in [6.45, 7) is 0.784. The van der Waals surface area contributed by atoms with Crippen molar-refractivity contribution in [1.82, 2.24) is 9.97 Å². The van der Waals surface area contributed by atoms with E-state index in [1.54, 1.807) is 12.3 Å². The van der Waals surface area contributed by atoms with E-state index in [0.717, 1.165) is 13.0 Å². The molecule has 4 nitrogen and oxygen atoms in total. The van der Waals surface area contributed by atoms with E-state index >= 15 is 0 Å². The van der Waals surface area contributed by atoms with E-state index in [1.165, 1.54) is 5.56 Å². The van der Waals surface area contributed by atoms with Crippen molar-refractivity contribution in [3.05, 3.63) is 54.0 Å². The number of nitriles is 1. The normalized spacial score (nSPS) is 9.59. The number of benzene rings is 1. The fourth-order valence-electron chi connectivity index (χ4n) is 1.49. The van der Waals surface area contributed by atoms with Crippen LogP contribution in [0.5, 0.6) is 0 Å². The molecule has 0 saturated heterocycles. The molecule has 1 aromatic heterocycles. The Balaban J connectivity index is 1.88. The van der Waals surface area contributed by atoms with E-state index in [9.17, 15) is 0 Å². The quantitative estimate of drug-likeness (QED) is 0.862. The Hall–Kier alpha value is -2.41. The number of nitrogens with one attached hydrogen (secondary N) is 1. The molecule has 1 heterocycles. The second-order valence-electron chi connectivity index (χ2n) is 3.54. The summed E-state index contributed by atoms with van der Waals surface area (Å²) in [5.74, 6) is 0.877. The molecular weight excluding hydrogens is 212 g/mol. The smallest absolute Gasteiger partial charge is 0.234 e. The molecule has 0 aliphatic heterocycles. The molecule has 1 N–H and O–H groups in total. The molecule has 0 aliphatic carbocycles. The lowest BCUT2D eigenvalue weighted by Crippen LogP contribution is -2.07. The Bertz CT molecular complexity index is 516. The van der Waals surface area contributed by atoms with Gasteiger partial charge in [-0.3, -0.25) is 0 Å². The monoisotopic (exact) mass is 224 g/mol. The lowest BCUT2D eigenvalue weighted by Gasteiger charge is -2.05. The van der Waals surface area contributed by atoms with Crippen molar-refractivity contribution in [3.8, 4) is 6.07 Å². The number of hydrogen-bond acceptors (Lipinski definition) is 4. The van der Waals surface area contributed by atoms with Crippen LogP contribution < -0.4 is 5.32 Å². The summed E-state index contributed by atoms with van der Waals surface area (Å²) >= 11 is 0. The van der Waals surface area contributed by atoms with Gasteiger partial charge < -0.3 is 5.32 Å². The minimum Gasteiger partial charge on any atom is -0.370 e. The van der Waals surface area contributed by atoms with Gasteiger partial charge in [-0.2, -0.15) is 5.26 Å². The molecule has 1 aromatic carbocycles. The Morgan fingerprint density at radius 3 is 2.76 bits per heavy atom. The van der Waals surface area contributed by atoms with E-state index in [2.05, 4.69) is 27.4 Å². The highest BCUT2D eigenvalue weighted by molar-refractivity contribution is 5.35. The fraction of sp³-hybridized carbons (Fsp3) is 0.154. The molecule has 0 aliphatic rings. The molecule has 2 rings (SSSR count).